The van der Waals surface area contributed by atoms with E-state index < -0.39 is 0 Å². The van der Waals surface area contributed by atoms with Crippen molar-refractivity contribution in [3.8, 4) is 0 Å². The molecule has 0 amide bonds. The van der Waals surface area contributed by atoms with Crippen molar-refractivity contribution in [3.63, 3.8) is 0 Å². The van der Waals surface area contributed by atoms with Gasteiger partial charge in [-0.05, 0) is 29.9 Å². The van der Waals surface area contributed by atoms with Crippen molar-refractivity contribution >= 4 is 5.97 Å². The van der Waals surface area contributed by atoms with Crippen LogP contribution < -0.4 is 0 Å². The molecule has 15 heavy (non-hydrogen) atoms. The number of carbonyl (C=O) groups is 1. The van der Waals surface area contributed by atoms with Crippen LogP contribution in [-0.4, -0.2) is 5.97 Å². The Kier molecular flexibility index (Phi) is 2.76. The molecule has 80 valence electrons. The zero-order valence-electron chi connectivity index (χ0n) is 9.19. The van der Waals surface area contributed by atoms with Gasteiger partial charge in [0.05, 0.1) is 0 Å². The van der Waals surface area contributed by atoms with E-state index in [-0.39, 0.29) is 12.1 Å². The Morgan fingerprint density at radius 2 is 1.93 bits per heavy atom. The molecule has 0 saturated heterocycles. The van der Waals surface area contributed by atoms with Gasteiger partial charge in [-0.15, -0.1) is 0 Å². The summed E-state index contributed by atoms with van der Waals surface area (Å²) in [6, 6.07) is 8.26. The van der Waals surface area contributed by atoms with Crippen molar-refractivity contribution in [3.05, 3.63) is 35.4 Å². The maximum absolute atomic E-state index is 11.0. The second kappa shape index (κ2) is 4.05. The van der Waals surface area contributed by atoms with Crippen LogP contribution in [0.3, 0.4) is 0 Å². The quantitative estimate of drug-likeness (QED) is 0.657. The van der Waals surface area contributed by atoms with Crippen LogP contribution in [0.4, 0.5) is 0 Å². The van der Waals surface area contributed by atoms with Gasteiger partial charge in [0.25, 0.3) is 0 Å². The molecule has 0 radical (unpaired) electrons. The molecule has 0 aromatic heterocycles. The lowest BCUT2D eigenvalue weighted by Gasteiger charge is -2.29. The topological polar surface area (TPSA) is 26.3 Å². The molecule has 1 aliphatic carbocycles. The minimum absolute atomic E-state index is 0.0325. The molecule has 2 atom stereocenters. The van der Waals surface area contributed by atoms with Crippen LogP contribution in [0.2, 0.25) is 0 Å². The highest BCUT2D eigenvalue weighted by atomic mass is 16.5. The molecule has 0 aliphatic heterocycles. The summed E-state index contributed by atoms with van der Waals surface area (Å²) in [5.41, 5.74) is 2.52. The van der Waals surface area contributed by atoms with Gasteiger partial charge in [0.2, 0.25) is 0 Å². The summed E-state index contributed by atoms with van der Waals surface area (Å²) in [5.74, 6) is 0.386. The Labute approximate surface area is 90.3 Å². The summed E-state index contributed by atoms with van der Waals surface area (Å²) >= 11 is 0. The van der Waals surface area contributed by atoms with E-state index in [1.54, 1.807) is 0 Å². The molecule has 1 aliphatic rings. The predicted octanol–water partition coefficient (Wildman–Crippen LogP) is 3.19. The summed E-state index contributed by atoms with van der Waals surface area (Å²) in [4.78, 5) is 11.0. The second-order valence-electron chi connectivity index (χ2n) is 4.21. The number of esters is 1. The lowest BCUT2D eigenvalue weighted by atomic mass is 9.82. The zero-order valence-corrected chi connectivity index (χ0v) is 9.19. The Bertz CT molecular complexity index is 371. The Balaban J connectivity index is 2.31. The summed E-state index contributed by atoms with van der Waals surface area (Å²) < 4.78 is 5.33. The molecule has 0 fully saturated rings. The molecule has 2 rings (SSSR count). The van der Waals surface area contributed by atoms with Crippen molar-refractivity contribution < 1.29 is 9.53 Å². The first-order valence-corrected chi connectivity index (χ1v) is 5.44. The first-order valence-electron chi connectivity index (χ1n) is 5.44. The SMILES string of the molecule is CC(=O)O[C@H]1CC[C@H](C)c2ccccc21. The molecule has 0 heterocycles. The highest BCUT2D eigenvalue weighted by Crippen LogP contribution is 2.38. The largest absolute Gasteiger partial charge is 0.458 e. The van der Waals surface area contributed by atoms with Crippen LogP contribution in [0.1, 0.15) is 49.8 Å². The average Bonchev–Trinajstić information content (AvgIpc) is 2.22. The van der Waals surface area contributed by atoms with E-state index in [9.17, 15) is 4.79 Å². The van der Waals surface area contributed by atoms with Gasteiger partial charge in [-0.3, -0.25) is 4.79 Å². The zero-order chi connectivity index (χ0) is 10.8. The fraction of sp³-hybridized carbons (Fsp3) is 0.462. The summed E-state index contributed by atoms with van der Waals surface area (Å²) in [6.45, 7) is 3.70. The first kappa shape index (κ1) is 10.2. The summed E-state index contributed by atoms with van der Waals surface area (Å²) in [5, 5.41) is 0. The number of rotatable bonds is 1. The van der Waals surface area contributed by atoms with Gasteiger partial charge in [-0.1, -0.05) is 31.2 Å². The van der Waals surface area contributed by atoms with Crippen molar-refractivity contribution in [1.82, 2.24) is 0 Å². The van der Waals surface area contributed by atoms with Gasteiger partial charge in [0.1, 0.15) is 6.10 Å². The van der Waals surface area contributed by atoms with E-state index in [1.807, 2.05) is 12.1 Å². The van der Waals surface area contributed by atoms with Crippen LogP contribution in [0.15, 0.2) is 24.3 Å². The third-order valence-electron chi connectivity index (χ3n) is 3.04. The van der Waals surface area contributed by atoms with E-state index in [0.717, 1.165) is 12.8 Å². The fourth-order valence-corrected chi connectivity index (χ4v) is 2.29. The minimum Gasteiger partial charge on any atom is -0.458 e. The highest BCUT2D eigenvalue weighted by molar-refractivity contribution is 5.66. The molecule has 1 aromatic carbocycles. The first-order chi connectivity index (χ1) is 7.18. The van der Waals surface area contributed by atoms with Crippen molar-refractivity contribution in [1.29, 1.82) is 0 Å². The smallest absolute Gasteiger partial charge is 0.303 e. The monoisotopic (exact) mass is 204 g/mol. The highest BCUT2D eigenvalue weighted by Gasteiger charge is 2.25. The second-order valence-corrected chi connectivity index (χ2v) is 4.21. The van der Waals surface area contributed by atoms with E-state index >= 15 is 0 Å². The number of hydrogen-bond donors (Lipinski definition) is 0. The summed E-state index contributed by atoms with van der Waals surface area (Å²) in [7, 11) is 0. The Morgan fingerprint density at radius 3 is 2.60 bits per heavy atom. The predicted molar refractivity (Wildman–Crippen MR) is 58.6 cm³/mol. The maximum atomic E-state index is 11.0. The van der Waals surface area contributed by atoms with Crippen molar-refractivity contribution in [2.24, 2.45) is 0 Å². The number of benzene rings is 1. The third-order valence-corrected chi connectivity index (χ3v) is 3.04. The average molecular weight is 204 g/mol. The van der Waals surface area contributed by atoms with Gasteiger partial charge >= 0.3 is 5.97 Å². The van der Waals surface area contributed by atoms with Crippen LogP contribution >= 0.6 is 0 Å². The standard InChI is InChI=1S/C13H16O2/c1-9-7-8-13(15-10(2)14)12-6-4-3-5-11(9)12/h3-6,9,13H,7-8H2,1-2H3/t9-,13-/m0/s1. The Hall–Kier alpha value is -1.31. The normalized spacial score (nSPS) is 24.4. The lowest BCUT2D eigenvalue weighted by molar-refractivity contribution is -0.147. The molecule has 0 saturated carbocycles. The van der Waals surface area contributed by atoms with E-state index in [2.05, 4.69) is 19.1 Å². The number of ether oxygens (including phenoxy) is 1. The van der Waals surface area contributed by atoms with Crippen LogP contribution in [0.5, 0.6) is 0 Å². The van der Waals surface area contributed by atoms with E-state index in [1.165, 1.54) is 18.1 Å². The molecule has 2 nitrogen and oxygen atoms in total. The van der Waals surface area contributed by atoms with Crippen molar-refractivity contribution in [2.45, 2.75) is 38.7 Å². The fourth-order valence-electron chi connectivity index (χ4n) is 2.29. The van der Waals surface area contributed by atoms with Gasteiger partial charge in [-0.25, -0.2) is 0 Å². The van der Waals surface area contributed by atoms with E-state index in [0.29, 0.717) is 5.92 Å². The van der Waals surface area contributed by atoms with Gasteiger partial charge < -0.3 is 4.74 Å². The van der Waals surface area contributed by atoms with Crippen LogP contribution in [-0.2, 0) is 9.53 Å². The molecule has 0 spiro atoms. The number of hydrogen-bond acceptors (Lipinski definition) is 2. The third kappa shape index (κ3) is 2.04. The molecular weight excluding hydrogens is 188 g/mol. The molecule has 1 aromatic rings. The Morgan fingerprint density at radius 1 is 1.27 bits per heavy atom. The molecule has 0 N–H and O–H groups in total. The van der Waals surface area contributed by atoms with Gasteiger partial charge in [0.15, 0.2) is 0 Å². The van der Waals surface area contributed by atoms with Gasteiger partial charge in [-0.2, -0.15) is 0 Å². The minimum atomic E-state index is -0.190. The molecule has 2 heteroatoms. The molecule has 0 bridgehead atoms. The van der Waals surface area contributed by atoms with E-state index in [4.69, 9.17) is 4.74 Å². The lowest BCUT2D eigenvalue weighted by Crippen LogP contribution is -2.17. The number of fused-ring (bicyclic) bond motifs is 1. The molecular formula is C13H16O2. The van der Waals surface area contributed by atoms with Crippen molar-refractivity contribution in [2.75, 3.05) is 0 Å². The summed E-state index contributed by atoms with van der Waals surface area (Å²) in [6.07, 6.45) is 2.00. The number of carbonyl (C=O) groups excluding carboxylic acids is 1. The molecule has 0 unspecified atom stereocenters. The van der Waals surface area contributed by atoms with Crippen LogP contribution in [0, 0.1) is 0 Å². The van der Waals surface area contributed by atoms with Crippen LogP contribution in [0.25, 0.3) is 0 Å². The maximum Gasteiger partial charge on any atom is 0.303 e. The van der Waals surface area contributed by atoms with Gasteiger partial charge in [0, 0.05) is 6.92 Å².